The van der Waals surface area contributed by atoms with Gasteiger partial charge in [0, 0.05) is 0 Å². The topological polar surface area (TPSA) is 40.5 Å². The highest BCUT2D eigenvalue weighted by atomic mass is 16.3. The SMILES string of the molecule is C=C1C[C@@]2(O)CC[C@@H](C)[C@@H]2CC(C)(C)C[C@H]1O. The van der Waals surface area contributed by atoms with Gasteiger partial charge in [-0.15, -0.1) is 0 Å². The number of aliphatic hydroxyl groups excluding tert-OH is 1. The largest absolute Gasteiger partial charge is 0.389 e. The summed E-state index contributed by atoms with van der Waals surface area (Å²) in [6.45, 7) is 10.6. The molecular weight excluding hydrogens is 212 g/mol. The number of fused-ring (bicyclic) bond motifs is 1. The molecule has 0 heterocycles. The number of aliphatic hydroxyl groups is 2. The molecule has 98 valence electrons. The maximum absolute atomic E-state index is 10.8. The summed E-state index contributed by atoms with van der Waals surface area (Å²) in [7, 11) is 0. The third-order valence-corrected chi connectivity index (χ3v) is 4.93. The molecule has 0 amide bonds. The van der Waals surface area contributed by atoms with Gasteiger partial charge < -0.3 is 10.2 Å². The van der Waals surface area contributed by atoms with Crippen molar-refractivity contribution >= 4 is 0 Å². The molecule has 0 unspecified atom stereocenters. The van der Waals surface area contributed by atoms with Gasteiger partial charge in [0.2, 0.25) is 0 Å². The van der Waals surface area contributed by atoms with Crippen LogP contribution in [-0.4, -0.2) is 21.9 Å². The minimum atomic E-state index is -0.616. The van der Waals surface area contributed by atoms with E-state index in [-0.39, 0.29) is 5.41 Å². The van der Waals surface area contributed by atoms with Gasteiger partial charge >= 0.3 is 0 Å². The summed E-state index contributed by atoms with van der Waals surface area (Å²) in [5.41, 5.74) is 0.286. The number of hydrogen-bond acceptors (Lipinski definition) is 2. The average Bonchev–Trinajstić information content (AvgIpc) is 2.44. The minimum Gasteiger partial charge on any atom is -0.389 e. The third-order valence-electron chi connectivity index (χ3n) is 4.93. The first kappa shape index (κ1) is 13.1. The summed E-state index contributed by atoms with van der Waals surface area (Å²) in [5, 5.41) is 20.9. The van der Waals surface area contributed by atoms with E-state index in [1.165, 1.54) is 0 Å². The Bertz CT molecular complexity index is 321. The summed E-state index contributed by atoms with van der Waals surface area (Å²) < 4.78 is 0. The van der Waals surface area contributed by atoms with E-state index >= 15 is 0 Å². The van der Waals surface area contributed by atoms with Crippen LogP contribution in [0, 0.1) is 17.3 Å². The smallest absolute Gasteiger partial charge is 0.0753 e. The van der Waals surface area contributed by atoms with Crippen LogP contribution >= 0.6 is 0 Å². The van der Waals surface area contributed by atoms with Crippen LogP contribution in [-0.2, 0) is 0 Å². The molecule has 0 radical (unpaired) electrons. The lowest BCUT2D eigenvalue weighted by molar-refractivity contribution is -0.0426. The van der Waals surface area contributed by atoms with E-state index in [1.54, 1.807) is 0 Å². The van der Waals surface area contributed by atoms with Crippen molar-refractivity contribution in [3.8, 4) is 0 Å². The van der Waals surface area contributed by atoms with E-state index in [2.05, 4.69) is 27.4 Å². The molecule has 17 heavy (non-hydrogen) atoms. The maximum Gasteiger partial charge on any atom is 0.0753 e. The van der Waals surface area contributed by atoms with Gasteiger partial charge in [-0.25, -0.2) is 0 Å². The molecule has 2 N–H and O–H groups in total. The normalized spacial score (nSPS) is 46.2. The number of hydrogen-bond donors (Lipinski definition) is 2. The quantitative estimate of drug-likeness (QED) is 0.637. The molecule has 0 aromatic rings. The van der Waals surface area contributed by atoms with Crippen LogP contribution in [0.1, 0.15) is 52.9 Å². The van der Waals surface area contributed by atoms with Gasteiger partial charge in [0.25, 0.3) is 0 Å². The first-order chi connectivity index (χ1) is 7.73. The lowest BCUT2D eigenvalue weighted by Gasteiger charge is -2.42. The standard InChI is InChI=1S/C15H26O2/c1-10-5-6-15(17)7-11(2)13(16)9-14(3,4)8-12(10)15/h10,12-13,16-17H,2,5-9H2,1,3-4H3/t10-,12+,13-,15+/m1/s1. The van der Waals surface area contributed by atoms with Crippen molar-refractivity contribution in [1.82, 2.24) is 0 Å². The number of rotatable bonds is 0. The van der Waals surface area contributed by atoms with Gasteiger partial charge in [-0.1, -0.05) is 27.4 Å². The highest BCUT2D eigenvalue weighted by molar-refractivity contribution is 5.13. The highest BCUT2D eigenvalue weighted by Gasteiger charge is 2.49. The van der Waals surface area contributed by atoms with Crippen molar-refractivity contribution in [2.75, 3.05) is 0 Å². The predicted octanol–water partition coefficient (Wildman–Crippen LogP) is 2.89. The van der Waals surface area contributed by atoms with Crippen molar-refractivity contribution in [3.05, 3.63) is 12.2 Å². The van der Waals surface area contributed by atoms with Crippen molar-refractivity contribution in [3.63, 3.8) is 0 Å². The second kappa shape index (κ2) is 4.10. The van der Waals surface area contributed by atoms with E-state index in [9.17, 15) is 10.2 Å². The summed E-state index contributed by atoms with van der Waals surface area (Å²) >= 11 is 0. The third kappa shape index (κ3) is 2.43. The van der Waals surface area contributed by atoms with Crippen LogP contribution in [0.5, 0.6) is 0 Å². The molecule has 0 aromatic carbocycles. The van der Waals surface area contributed by atoms with Crippen molar-refractivity contribution in [2.45, 2.75) is 64.6 Å². The summed E-state index contributed by atoms with van der Waals surface area (Å²) in [5.74, 6) is 0.948. The lowest BCUT2D eigenvalue weighted by atomic mass is 9.67. The predicted molar refractivity (Wildman–Crippen MR) is 69.6 cm³/mol. The molecule has 0 spiro atoms. The van der Waals surface area contributed by atoms with Crippen molar-refractivity contribution < 1.29 is 10.2 Å². The average molecular weight is 238 g/mol. The fourth-order valence-electron chi connectivity index (χ4n) is 3.86. The van der Waals surface area contributed by atoms with Crippen LogP contribution < -0.4 is 0 Å². The summed E-state index contributed by atoms with van der Waals surface area (Å²) in [6, 6.07) is 0. The Morgan fingerprint density at radius 1 is 1.29 bits per heavy atom. The molecule has 0 bridgehead atoms. The first-order valence-corrected chi connectivity index (χ1v) is 6.82. The Morgan fingerprint density at radius 2 is 1.94 bits per heavy atom. The molecule has 0 aliphatic heterocycles. The lowest BCUT2D eigenvalue weighted by Crippen LogP contribution is -2.42. The van der Waals surface area contributed by atoms with E-state index in [0.717, 1.165) is 31.3 Å². The Morgan fingerprint density at radius 3 is 2.59 bits per heavy atom. The second-order valence-corrected chi connectivity index (χ2v) is 7.15. The van der Waals surface area contributed by atoms with Gasteiger partial charge in [0.05, 0.1) is 11.7 Å². The minimum absolute atomic E-state index is 0.0834. The molecule has 2 fully saturated rings. The zero-order valence-electron chi connectivity index (χ0n) is 11.4. The van der Waals surface area contributed by atoms with Crippen molar-refractivity contribution in [1.29, 1.82) is 0 Å². The first-order valence-electron chi connectivity index (χ1n) is 6.82. The van der Waals surface area contributed by atoms with Gasteiger partial charge in [-0.3, -0.25) is 0 Å². The van der Waals surface area contributed by atoms with E-state index < -0.39 is 11.7 Å². The Labute approximate surface area is 105 Å². The van der Waals surface area contributed by atoms with Crippen molar-refractivity contribution in [2.24, 2.45) is 17.3 Å². The Balaban J connectivity index is 2.30. The van der Waals surface area contributed by atoms with Gasteiger partial charge in [0.15, 0.2) is 0 Å². The van der Waals surface area contributed by atoms with Crippen LogP contribution in [0.4, 0.5) is 0 Å². The maximum atomic E-state index is 10.8. The zero-order valence-corrected chi connectivity index (χ0v) is 11.4. The highest BCUT2D eigenvalue weighted by Crippen LogP contribution is 2.51. The Kier molecular flexibility index (Phi) is 3.16. The molecule has 2 heteroatoms. The van der Waals surface area contributed by atoms with E-state index in [1.807, 2.05) is 0 Å². The van der Waals surface area contributed by atoms with Crippen LogP contribution in [0.15, 0.2) is 12.2 Å². The van der Waals surface area contributed by atoms with Gasteiger partial charge in [-0.2, -0.15) is 0 Å². The fraction of sp³-hybridized carbons (Fsp3) is 0.867. The molecule has 0 saturated heterocycles. The second-order valence-electron chi connectivity index (χ2n) is 7.15. The molecular formula is C15H26O2. The van der Waals surface area contributed by atoms with E-state index in [4.69, 9.17) is 0 Å². The molecule has 2 rings (SSSR count). The van der Waals surface area contributed by atoms with Crippen LogP contribution in [0.2, 0.25) is 0 Å². The molecule has 0 aromatic heterocycles. The van der Waals surface area contributed by atoms with E-state index in [0.29, 0.717) is 18.3 Å². The summed E-state index contributed by atoms with van der Waals surface area (Å²) in [4.78, 5) is 0. The van der Waals surface area contributed by atoms with Crippen LogP contribution in [0.3, 0.4) is 0 Å². The zero-order chi connectivity index (χ0) is 12.8. The fourth-order valence-corrected chi connectivity index (χ4v) is 3.86. The molecule has 2 aliphatic rings. The molecule has 2 aliphatic carbocycles. The van der Waals surface area contributed by atoms with Gasteiger partial charge in [0.1, 0.15) is 0 Å². The molecule has 4 atom stereocenters. The molecule has 2 nitrogen and oxygen atoms in total. The Hall–Kier alpha value is -0.340. The van der Waals surface area contributed by atoms with Crippen LogP contribution in [0.25, 0.3) is 0 Å². The summed E-state index contributed by atoms with van der Waals surface area (Å²) in [6.07, 6.45) is 3.87. The monoisotopic (exact) mass is 238 g/mol. The molecule has 2 saturated carbocycles. The van der Waals surface area contributed by atoms with Gasteiger partial charge in [-0.05, 0) is 54.9 Å².